The second-order valence-electron chi connectivity index (χ2n) is 7.87. The van der Waals surface area contributed by atoms with Gasteiger partial charge in [0.15, 0.2) is 6.61 Å². The summed E-state index contributed by atoms with van der Waals surface area (Å²) in [6.45, 7) is 5.52. The second-order valence-corrected chi connectivity index (χ2v) is 8.28. The number of hydrogen-bond donors (Lipinski definition) is 3. The van der Waals surface area contributed by atoms with Gasteiger partial charge in [0.2, 0.25) is 0 Å². The van der Waals surface area contributed by atoms with Gasteiger partial charge in [0.05, 0.1) is 6.21 Å². The van der Waals surface area contributed by atoms with E-state index in [0.717, 1.165) is 16.7 Å². The van der Waals surface area contributed by atoms with E-state index in [1.165, 1.54) is 6.21 Å². The maximum absolute atomic E-state index is 12.3. The fraction of sp³-hybridized carbons (Fsp3) is 0.154. The molecular weight excluding hydrogens is 468 g/mol. The molecule has 0 saturated carbocycles. The highest BCUT2D eigenvalue weighted by molar-refractivity contribution is 6.39. The number of rotatable bonds is 7. The van der Waals surface area contributed by atoms with Crippen LogP contribution in [0.15, 0.2) is 65.8 Å². The largest absolute Gasteiger partial charge is 0.483 e. The van der Waals surface area contributed by atoms with Gasteiger partial charge in [-0.1, -0.05) is 35.9 Å². The number of hydrazone groups is 1. The average Bonchev–Trinajstić information content (AvgIpc) is 2.80. The lowest BCUT2D eigenvalue weighted by atomic mass is 10.1. The number of benzene rings is 3. The van der Waals surface area contributed by atoms with Crippen molar-refractivity contribution in [2.45, 2.75) is 20.8 Å². The Morgan fingerprint density at radius 1 is 0.886 bits per heavy atom. The van der Waals surface area contributed by atoms with Gasteiger partial charge in [0.25, 0.3) is 5.91 Å². The van der Waals surface area contributed by atoms with Crippen LogP contribution in [-0.4, -0.2) is 30.5 Å². The molecule has 0 heterocycles. The Balaban J connectivity index is 1.54. The standard InChI is InChI=1S/C26H25ClN4O4/c1-16-10-17(2)12-21(11-16)29-24(32)15-35-23-7-5-4-6-19(23)14-28-31-26(34)25(33)30-20-9-8-18(3)22(27)13-20/h4-14H,15H2,1-3H3,(H,29,32)(H,30,33)(H,31,34)/b28-14-. The molecule has 3 rings (SSSR count). The lowest BCUT2D eigenvalue weighted by molar-refractivity contribution is -0.136. The monoisotopic (exact) mass is 492 g/mol. The fourth-order valence-electron chi connectivity index (χ4n) is 3.18. The summed E-state index contributed by atoms with van der Waals surface area (Å²) in [5.41, 5.74) is 6.70. The molecule has 0 atom stereocenters. The molecule has 0 unspecified atom stereocenters. The van der Waals surface area contributed by atoms with Gasteiger partial charge in [-0.05, 0) is 73.9 Å². The number of carbonyl (C=O) groups excluding carboxylic acids is 3. The van der Waals surface area contributed by atoms with Gasteiger partial charge >= 0.3 is 11.8 Å². The molecule has 3 aromatic rings. The summed E-state index contributed by atoms with van der Waals surface area (Å²) in [4.78, 5) is 36.4. The Morgan fingerprint density at radius 2 is 1.60 bits per heavy atom. The number of anilines is 2. The quantitative estimate of drug-likeness (QED) is 0.258. The first-order valence-corrected chi connectivity index (χ1v) is 11.1. The first-order valence-electron chi connectivity index (χ1n) is 10.7. The number of hydrogen-bond acceptors (Lipinski definition) is 5. The van der Waals surface area contributed by atoms with E-state index >= 15 is 0 Å². The predicted molar refractivity (Wildman–Crippen MR) is 137 cm³/mol. The molecule has 0 aliphatic heterocycles. The van der Waals surface area contributed by atoms with E-state index in [9.17, 15) is 14.4 Å². The smallest absolute Gasteiger partial charge is 0.329 e. The van der Waals surface area contributed by atoms with Gasteiger partial charge in [0, 0.05) is 22.0 Å². The van der Waals surface area contributed by atoms with Gasteiger partial charge in [0.1, 0.15) is 5.75 Å². The van der Waals surface area contributed by atoms with Crippen LogP contribution < -0.4 is 20.8 Å². The molecule has 8 nitrogen and oxygen atoms in total. The molecule has 0 aromatic heterocycles. The normalized spacial score (nSPS) is 10.6. The summed E-state index contributed by atoms with van der Waals surface area (Å²) < 4.78 is 5.63. The fourth-order valence-corrected chi connectivity index (χ4v) is 3.36. The molecule has 0 spiro atoms. The third-order valence-electron chi connectivity index (χ3n) is 4.79. The number of para-hydroxylation sites is 1. The number of nitrogens with zero attached hydrogens (tertiary/aromatic N) is 1. The zero-order valence-corrected chi connectivity index (χ0v) is 20.3. The summed E-state index contributed by atoms with van der Waals surface area (Å²) in [6.07, 6.45) is 1.32. The maximum Gasteiger partial charge on any atom is 0.329 e. The predicted octanol–water partition coefficient (Wildman–Crippen LogP) is 4.37. The minimum absolute atomic E-state index is 0.217. The number of nitrogens with one attached hydrogen (secondary N) is 3. The zero-order chi connectivity index (χ0) is 25.4. The molecule has 3 amide bonds. The number of halogens is 1. The van der Waals surface area contributed by atoms with Gasteiger partial charge in [-0.15, -0.1) is 0 Å². The Labute approximate surface area is 208 Å². The van der Waals surface area contributed by atoms with Crippen molar-refractivity contribution in [1.29, 1.82) is 0 Å². The number of carbonyl (C=O) groups is 3. The van der Waals surface area contributed by atoms with Crippen molar-refractivity contribution in [1.82, 2.24) is 5.43 Å². The average molecular weight is 493 g/mol. The van der Waals surface area contributed by atoms with Crippen molar-refractivity contribution in [3.05, 3.63) is 87.9 Å². The van der Waals surface area contributed by atoms with Crippen molar-refractivity contribution in [3.63, 3.8) is 0 Å². The molecule has 3 N–H and O–H groups in total. The van der Waals surface area contributed by atoms with Crippen molar-refractivity contribution < 1.29 is 19.1 Å². The molecule has 35 heavy (non-hydrogen) atoms. The molecule has 9 heteroatoms. The zero-order valence-electron chi connectivity index (χ0n) is 19.5. The van der Waals surface area contributed by atoms with Crippen molar-refractivity contribution >= 4 is 46.9 Å². The first kappa shape index (κ1) is 25.5. The van der Waals surface area contributed by atoms with Gasteiger partial charge in [-0.25, -0.2) is 5.43 Å². The van der Waals surface area contributed by atoms with Crippen LogP contribution in [-0.2, 0) is 14.4 Å². The minimum Gasteiger partial charge on any atom is -0.483 e. The topological polar surface area (TPSA) is 109 Å². The Hall–Kier alpha value is -4.17. The summed E-state index contributed by atoms with van der Waals surface area (Å²) in [7, 11) is 0. The highest BCUT2D eigenvalue weighted by Gasteiger charge is 2.13. The highest BCUT2D eigenvalue weighted by Crippen LogP contribution is 2.20. The van der Waals surface area contributed by atoms with E-state index < -0.39 is 11.8 Å². The van der Waals surface area contributed by atoms with Crippen LogP contribution in [0.1, 0.15) is 22.3 Å². The second kappa shape index (κ2) is 11.8. The van der Waals surface area contributed by atoms with Gasteiger partial charge < -0.3 is 15.4 Å². The lowest BCUT2D eigenvalue weighted by Crippen LogP contribution is -2.32. The number of amides is 3. The van der Waals surface area contributed by atoms with E-state index in [2.05, 4.69) is 21.2 Å². The molecule has 0 aliphatic carbocycles. The van der Waals surface area contributed by atoms with Crippen molar-refractivity contribution in [2.75, 3.05) is 17.2 Å². The molecule has 0 bridgehead atoms. The first-order chi connectivity index (χ1) is 16.7. The van der Waals surface area contributed by atoms with Crippen molar-refractivity contribution in [2.24, 2.45) is 5.10 Å². The minimum atomic E-state index is -0.954. The van der Waals surface area contributed by atoms with E-state index in [0.29, 0.717) is 27.7 Å². The van der Waals surface area contributed by atoms with Gasteiger partial charge in [-0.3, -0.25) is 14.4 Å². The van der Waals surface area contributed by atoms with Gasteiger partial charge in [-0.2, -0.15) is 5.10 Å². The Morgan fingerprint density at radius 3 is 2.31 bits per heavy atom. The summed E-state index contributed by atoms with van der Waals surface area (Å²) in [5, 5.41) is 9.55. The van der Waals surface area contributed by atoms with E-state index in [-0.39, 0.29) is 12.5 Å². The molecule has 0 fully saturated rings. The molecule has 3 aromatic carbocycles. The SMILES string of the molecule is Cc1cc(C)cc(NC(=O)COc2ccccc2/C=N\NC(=O)C(=O)Nc2ccc(C)c(Cl)c2)c1. The van der Waals surface area contributed by atoms with Crippen molar-refractivity contribution in [3.8, 4) is 5.75 Å². The number of ether oxygens (including phenoxy) is 1. The molecule has 0 aliphatic rings. The van der Waals surface area contributed by atoms with Crippen LogP contribution in [0.4, 0.5) is 11.4 Å². The van der Waals surface area contributed by atoms with E-state index in [4.69, 9.17) is 16.3 Å². The summed E-state index contributed by atoms with van der Waals surface area (Å²) in [5.74, 6) is -1.78. The molecule has 0 saturated heterocycles. The highest BCUT2D eigenvalue weighted by atomic mass is 35.5. The van der Waals surface area contributed by atoms with Crippen LogP contribution in [0.3, 0.4) is 0 Å². The Kier molecular flexibility index (Phi) is 8.58. The molecular formula is C26H25ClN4O4. The third-order valence-corrected chi connectivity index (χ3v) is 5.20. The molecule has 180 valence electrons. The van der Waals surface area contributed by atoms with E-state index in [1.54, 1.807) is 42.5 Å². The van der Waals surface area contributed by atoms with E-state index in [1.807, 2.05) is 39.0 Å². The summed E-state index contributed by atoms with van der Waals surface area (Å²) >= 11 is 6.03. The Bertz CT molecular complexity index is 1270. The van der Waals surface area contributed by atoms with Crippen LogP contribution in [0.2, 0.25) is 5.02 Å². The molecule has 0 radical (unpaired) electrons. The number of aryl methyl sites for hydroxylation is 3. The summed E-state index contributed by atoms with van der Waals surface area (Å²) in [6, 6.07) is 17.5. The van der Waals surface area contributed by atoms with Crippen LogP contribution in [0, 0.1) is 20.8 Å². The lowest BCUT2D eigenvalue weighted by Gasteiger charge is -2.10. The van der Waals surface area contributed by atoms with Crippen LogP contribution in [0.25, 0.3) is 0 Å². The van der Waals surface area contributed by atoms with Crippen LogP contribution >= 0.6 is 11.6 Å². The third kappa shape index (κ3) is 7.68. The van der Waals surface area contributed by atoms with Crippen LogP contribution in [0.5, 0.6) is 5.75 Å². The maximum atomic E-state index is 12.3.